The molecule has 0 saturated heterocycles. The number of ketones is 1. The van der Waals surface area contributed by atoms with Crippen molar-refractivity contribution in [1.82, 2.24) is 0 Å². The van der Waals surface area contributed by atoms with Gasteiger partial charge in [0.25, 0.3) is 0 Å². The lowest BCUT2D eigenvalue weighted by Gasteiger charge is -2.03. The van der Waals surface area contributed by atoms with E-state index in [2.05, 4.69) is 6.92 Å². The molecule has 1 aromatic carbocycles. The summed E-state index contributed by atoms with van der Waals surface area (Å²) in [6, 6.07) is 10.0. The number of hydrogen-bond donors (Lipinski definition) is 0. The van der Waals surface area contributed by atoms with Gasteiger partial charge in [-0.05, 0) is 37.0 Å². The van der Waals surface area contributed by atoms with Gasteiger partial charge in [0, 0.05) is 0 Å². The van der Waals surface area contributed by atoms with Gasteiger partial charge in [-0.15, -0.1) is 0 Å². The van der Waals surface area contributed by atoms with Gasteiger partial charge >= 0.3 is 0 Å². The minimum absolute atomic E-state index is 0.194. The van der Waals surface area contributed by atoms with Crippen LogP contribution in [0.5, 0.6) is 0 Å². The van der Waals surface area contributed by atoms with Gasteiger partial charge in [-0.1, -0.05) is 50.1 Å². The summed E-state index contributed by atoms with van der Waals surface area (Å²) in [5.74, 6) is 0.194. The minimum atomic E-state index is 0.194. The molecule has 1 rings (SSSR count). The quantitative estimate of drug-likeness (QED) is 0.513. The number of rotatable bonds is 6. The molecule has 0 fully saturated rings. The first kappa shape index (κ1) is 12.7. The molecule has 0 spiro atoms. The van der Waals surface area contributed by atoms with E-state index in [-0.39, 0.29) is 5.78 Å². The monoisotopic (exact) mass is 216 g/mol. The molecule has 0 aliphatic carbocycles. The average Bonchev–Trinajstić information content (AvgIpc) is 2.29. The Kier molecular flexibility index (Phi) is 5.55. The molecule has 0 radical (unpaired) electrons. The molecule has 0 saturated carbocycles. The number of Topliss-reactive ketones (excluding diaryl/α,β-unsaturated/α-hetero) is 1. The van der Waals surface area contributed by atoms with Gasteiger partial charge in [-0.2, -0.15) is 0 Å². The molecule has 1 heteroatoms. The first-order valence-corrected chi connectivity index (χ1v) is 6.00. The number of carbonyl (C=O) groups is 1. The Hall–Kier alpha value is -1.37. The van der Waals surface area contributed by atoms with Crippen molar-refractivity contribution >= 4 is 11.9 Å². The summed E-state index contributed by atoms with van der Waals surface area (Å²) in [7, 11) is 0. The van der Waals surface area contributed by atoms with Gasteiger partial charge in [0.1, 0.15) is 0 Å². The molecular formula is C15H20O. The largest absolute Gasteiger partial charge is 0.295 e. The second-order valence-electron chi connectivity index (χ2n) is 4.09. The standard InChI is InChI=1S/C15H20O/c1-3-4-6-11-15(13(2)16)12-14-9-7-5-8-10-14/h5,7-10,12H,3-4,6,11H2,1-2H3. The van der Waals surface area contributed by atoms with Gasteiger partial charge < -0.3 is 0 Å². The van der Waals surface area contributed by atoms with Crippen LogP contribution < -0.4 is 0 Å². The Morgan fingerprint density at radius 2 is 1.88 bits per heavy atom. The number of allylic oxidation sites excluding steroid dienone is 1. The molecule has 86 valence electrons. The fourth-order valence-corrected chi connectivity index (χ4v) is 1.67. The Balaban J connectivity index is 2.70. The molecule has 16 heavy (non-hydrogen) atoms. The molecule has 0 N–H and O–H groups in total. The molecule has 0 aliphatic heterocycles. The molecule has 1 aromatic rings. The summed E-state index contributed by atoms with van der Waals surface area (Å²) < 4.78 is 0. The SMILES string of the molecule is CCCCCC(=Cc1ccccc1)C(C)=O. The highest BCUT2D eigenvalue weighted by molar-refractivity contribution is 5.97. The molecule has 0 aromatic heterocycles. The van der Waals surface area contributed by atoms with Crippen molar-refractivity contribution in [3.63, 3.8) is 0 Å². The topological polar surface area (TPSA) is 17.1 Å². The second kappa shape index (κ2) is 7.00. The summed E-state index contributed by atoms with van der Waals surface area (Å²) in [5, 5.41) is 0. The maximum atomic E-state index is 11.5. The van der Waals surface area contributed by atoms with Crippen LogP contribution in [-0.2, 0) is 4.79 Å². The van der Waals surface area contributed by atoms with Crippen LogP contribution in [-0.4, -0.2) is 5.78 Å². The van der Waals surface area contributed by atoms with Gasteiger partial charge in [-0.25, -0.2) is 0 Å². The number of hydrogen-bond acceptors (Lipinski definition) is 1. The summed E-state index contributed by atoms with van der Waals surface area (Å²) in [4.78, 5) is 11.5. The van der Waals surface area contributed by atoms with E-state index in [9.17, 15) is 4.79 Å². The van der Waals surface area contributed by atoms with Crippen molar-refractivity contribution in [1.29, 1.82) is 0 Å². The number of benzene rings is 1. The van der Waals surface area contributed by atoms with Crippen LogP contribution >= 0.6 is 0 Å². The highest BCUT2D eigenvalue weighted by atomic mass is 16.1. The van der Waals surface area contributed by atoms with Crippen LogP contribution in [0.2, 0.25) is 0 Å². The first-order chi connectivity index (χ1) is 7.74. The highest BCUT2D eigenvalue weighted by Crippen LogP contribution is 2.14. The van der Waals surface area contributed by atoms with Crippen molar-refractivity contribution in [3.05, 3.63) is 41.5 Å². The summed E-state index contributed by atoms with van der Waals surface area (Å²) in [6.45, 7) is 3.83. The molecule has 0 unspecified atom stereocenters. The summed E-state index contributed by atoms with van der Waals surface area (Å²) in [6.07, 6.45) is 6.40. The van der Waals surface area contributed by atoms with Crippen LogP contribution in [0.1, 0.15) is 45.1 Å². The van der Waals surface area contributed by atoms with E-state index in [4.69, 9.17) is 0 Å². The number of carbonyl (C=O) groups excluding carboxylic acids is 1. The molecule has 0 atom stereocenters. The Morgan fingerprint density at radius 3 is 2.44 bits per heavy atom. The lowest BCUT2D eigenvalue weighted by molar-refractivity contribution is -0.113. The Labute approximate surface area is 98.2 Å². The van der Waals surface area contributed by atoms with Crippen LogP contribution in [0.4, 0.5) is 0 Å². The molecule has 0 amide bonds. The van der Waals surface area contributed by atoms with Crippen molar-refractivity contribution in [2.45, 2.75) is 39.5 Å². The van der Waals surface area contributed by atoms with E-state index in [0.29, 0.717) is 0 Å². The van der Waals surface area contributed by atoms with E-state index in [1.54, 1.807) is 6.92 Å². The van der Waals surface area contributed by atoms with Crippen molar-refractivity contribution in [2.24, 2.45) is 0 Å². The fraction of sp³-hybridized carbons (Fsp3) is 0.400. The van der Waals surface area contributed by atoms with E-state index < -0.39 is 0 Å². The van der Waals surface area contributed by atoms with Gasteiger partial charge in [0.05, 0.1) is 0 Å². The lowest BCUT2D eigenvalue weighted by atomic mass is 10.0. The van der Waals surface area contributed by atoms with E-state index in [1.165, 1.54) is 12.8 Å². The third-order valence-corrected chi connectivity index (χ3v) is 2.64. The third-order valence-electron chi connectivity index (χ3n) is 2.64. The second-order valence-corrected chi connectivity index (χ2v) is 4.09. The summed E-state index contributed by atoms with van der Waals surface area (Å²) in [5.41, 5.74) is 2.06. The van der Waals surface area contributed by atoms with E-state index in [1.807, 2.05) is 36.4 Å². The zero-order valence-electron chi connectivity index (χ0n) is 10.2. The predicted octanol–water partition coefficient (Wildman–Crippen LogP) is 4.24. The maximum Gasteiger partial charge on any atom is 0.155 e. The van der Waals surface area contributed by atoms with Crippen LogP contribution in [0.3, 0.4) is 0 Å². The normalized spacial score (nSPS) is 11.5. The fourth-order valence-electron chi connectivity index (χ4n) is 1.67. The Bertz CT molecular complexity index is 349. The predicted molar refractivity (Wildman–Crippen MR) is 69.2 cm³/mol. The van der Waals surface area contributed by atoms with Gasteiger partial charge in [-0.3, -0.25) is 4.79 Å². The van der Waals surface area contributed by atoms with Crippen LogP contribution in [0.15, 0.2) is 35.9 Å². The summed E-state index contributed by atoms with van der Waals surface area (Å²) >= 11 is 0. The van der Waals surface area contributed by atoms with Gasteiger partial charge in [0.2, 0.25) is 0 Å². The molecule has 0 bridgehead atoms. The van der Waals surface area contributed by atoms with Crippen LogP contribution in [0, 0.1) is 0 Å². The molecule has 0 heterocycles. The smallest absolute Gasteiger partial charge is 0.155 e. The molecule has 1 nitrogen and oxygen atoms in total. The molecule has 0 aliphatic rings. The zero-order chi connectivity index (χ0) is 11.8. The number of unbranched alkanes of at least 4 members (excludes halogenated alkanes) is 2. The third kappa shape index (κ3) is 4.43. The highest BCUT2D eigenvalue weighted by Gasteiger charge is 2.03. The van der Waals surface area contributed by atoms with E-state index >= 15 is 0 Å². The zero-order valence-corrected chi connectivity index (χ0v) is 10.2. The molecular weight excluding hydrogens is 196 g/mol. The van der Waals surface area contributed by atoms with Crippen molar-refractivity contribution in [2.75, 3.05) is 0 Å². The lowest BCUT2D eigenvalue weighted by Crippen LogP contribution is -1.96. The maximum absolute atomic E-state index is 11.5. The van der Waals surface area contributed by atoms with E-state index in [0.717, 1.165) is 24.0 Å². The average molecular weight is 216 g/mol. The Morgan fingerprint density at radius 1 is 1.19 bits per heavy atom. The first-order valence-electron chi connectivity index (χ1n) is 6.00. The minimum Gasteiger partial charge on any atom is -0.295 e. The van der Waals surface area contributed by atoms with Crippen LogP contribution in [0.25, 0.3) is 6.08 Å². The van der Waals surface area contributed by atoms with Crippen molar-refractivity contribution in [3.8, 4) is 0 Å². The van der Waals surface area contributed by atoms with Gasteiger partial charge in [0.15, 0.2) is 5.78 Å². The van der Waals surface area contributed by atoms with Crippen molar-refractivity contribution < 1.29 is 4.79 Å².